The average molecular weight is 611 g/mol. The fraction of sp³-hybridized carbons (Fsp3) is 0.486. The van der Waals surface area contributed by atoms with Crippen molar-refractivity contribution in [3.8, 4) is 5.88 Å². The van der Waals surface area contributed by atoms with Crippen molar-refractivity contribution in [3.05, 3.63) is 77.5 Å². The minimum Gasteiger partial charge on any atom is -0.473 e. The molecule has 236 valence electrons. The molecule has 0 spiro atoms. The zero-order valence-electron chi connectivity index (χ0n) is 26.4. The fourth-order valence-electron chi connectivity index (χ4n) is 6.45. The smallest absolute Gasteiger partial charge is 0.338 e. The molecule has 10 heteroatoms. The van der Waals surface area contributed by atoms with Crippen molar-refractivity contribution >= 4 is 22.6 Å². The quantitative estimate of drug-likeness (QED) is 0.226. The van der Waals surface area contributed by atoms with Crippen LogP contribution >= 0.6 is 0 Å². The van der Waals surface area contributed by atoms with Gasteiger partial charge in [0.05, 0.1) is 41.5 Å². The highest BCUT2D eigenvalue weighted by Gasteiger charge is 2.27. The molecule has 1 atom stereocenters. The van der Waals surface area contributed by atoms with Crippen LogP contribution in [0.15, 0.2) is 54.7 Å². The number of allylic oxidation sites excluding steroid dienone is 1. The standard InChI is InChI=1S/C35H42N6O4/c1-35(2,3)45-34(42)25-9-10-29-31(20-25)40(21-27-14-19-43-27)32(37-29)22-39-17-12-24(13-18-39)28-7-4-8-33(38-28)44-23-26-6-5-16-41-30(26)11-15-36-41/h4,6-11,15,20,24,27H,5,12-14,16-19,21-23H2,1-3H3. The largest absolute Gasteiger partial charge is 0.473 e. The molecule has 3 aromatic heterocycles. The van der Waals surface area contributed by atoms with E-state index in [0.29, 0.717) is 24.0 Å². The molecule has 3 aliphatic heterocycles. The van der Waals surface area contributed by atoms with E-state index >= 15 is 0 Å². The van der Waals surface area contributed by atoms with Gasteiger partial charge in [0.25, 0.3) is 0 Å². The maximum absolute atomic E-state index is 12.8. The van der Waals surface area contributed by atoms with Crippen molar-refractivity contribution in [1.82, 2.24) is 29.2 Å². The summed E-state index contributed by atoms with van der Waals surface area (Å²) >= 11 is 0. The van der Waals surface area contributed by atoms with E-state index < -0.39 is 5.60 Å². The van der Waals surface area contributed by atoms with Crippen LogP contribution in [0.25, 0.3) is 16.6 Å². The highest BCUT2D eigenvalue weighted by atomic mass is 16.6. The lowest BCUT2D eigenvalue weighted by Gasteiger charge is -2.32. The van der Waals surface area contributed by atoms with E-state index in [-0.39, 0.29) is 12.1 Å². The van der Waals surface area contributed by atoms with Crippen LogP contribution in [-0.4, -0.2) is 73.2 Å². The molecule has 7 rings (SSSR count). The highest BCUT2D eigenvalue weighted by molar-refractivity contribution is 5.94. The average Bonchev–Trinajstić information content (AvgIpc) is 3.62. The number of carbonyl (C=O) groups excluding carboxylic acids is 1. The molecule has 1 aromatic carbocycles. The zero-order chi connectivity index (χ0) is 31.0. The third-order valence-corrected chi connectivity index (χ3v) is 8.91. The van der Waals surface area contributed by atoms with Gasteiger partial charge in [0.2, 0.25) is 5.88 Å². The summed E-state index contributed by atoms with van der Waals surface area (Å²) in [6.45, 7) is 11.3. The van der Waals surface area contributed by atoms with Crippen LogP contribution in [0.5, 0.6) is 5.88 Å². The van der Waals surface area contributed by atoms with Gasteiger partial charge in [-0.2, -0.15) is 5.10 Å². The van der Waals surface area contributed by atoms with Gasteiger partial charge in [-0.3, -0.25) is 9.58 Å². The second-order valence-electron chi connectivity index (χ2n) is 13.3. The van der Waals surface area contributed by atoms with E-state index in [4.69, 9.17) is 24.2 Å². The summed E-state index contributed by atoms with van der Waals surface area (Å²) in [6, 6.07) is 13.8. The molecule has 3 aliphatic rings. The molecule has 0 amide bonds. The van der Waals surface area contributed by atoms with Crippen LogP contribution in [0, 0.1) is 0 Å². The third kappa shape index (κ3) is 6.67. The minimum atomic E-state index is -0.550. The van der Waals surface area contributed by atoms with Gasteiger partial charge in [-0.25, -0.2) is 14.8 Å². The number of imidazole rings is 1. The topological polar surface area (TPSA) is 96.5 Å². The van der Waals surface area contributed by atoms with E-state index in [9.17, 15) is 4.79 Å². The van der Waals surface area contributed by atoms with Crippen LogP contribution in [0.4, 0.5) is 0 Å². The molecule has 45 heavy (non-hydrogen) atoms. The molecular formula is C35H42N6O4. The van der Waals surface area contributed by atoms with Gasteiger partial charge >= 0.3 is 5.97 Å². The van der Waals surface area contributed by atoms with Crippen molar-refractivity contribution in [2.24, 2.45) is 0 Å². The highest BCUT2D eigenvalue weighted by Crippen LogP contribution is 2.30. The Morgan fingerprint density at radius 3 is 2.67 bits per heavy atom. The Bertz CT molecular complexity index is 1700. The molecular weight excluding hydrogens is 568 g/mol. The SMILES string of the molecule is CC(C)(C)OC(=O)c1ccc2nc(CN3CCC(c4cccc(OCC5=CCCn6nccc65)n4)CC3)n(CC3CCO3)c2c1. The maximum atomic E-state index is 12.8. The summed E-state index contributed by atoms with van der Waals surface area (Å²) in [7, 11) is 0. The van der Waals surface area contributed by atoms with Crippen LogP contribution < -0.4 is 4.74 Å². The predicted molar refractivity (Wildman–Crippen MR) is 171 cm³/mol. The van der Waals surface area contributed by atoms with Gasteiger partial charge in [0.1, 0.15) is 18.0 Å². The van der Waals surface area contributed by atoms with E-state index in [2.05, 4.69) is 32.8 Å². The Balaban J connectivity index is 1.01. The Hall–Kier alpha value is -4.02. The second kappa shape index (κ2) is 12.4. The van der Waals surface area contributed by atoms with Crippen molar-refractivity contribution in [2.45, 2.75) is 83.7 Å². The van der Waals surface area contributed by atoms with Crippen LogP contribution in [0.1, 0.15) is 79.9 Å². The first-order chi connectivity index (χ1) is 21.8. The number of carbonyl (C=O) groups is 1. The molecule has 0 aliphatic carbocycles. The van der Waals surface area contributed by atoms with Crippen LogP contribution in [0.2, 0.25) is 0 Å². The number of esters is 1. The normalized spacial score (nSPS) is 19.2. The van der Waals surface area contributed by atoms with Crippen LogP contribution in [0.3, 0.4) is 0 Å². The van der Waals surface area contributed by atoms with Crippen molar-refractivity contribution in [1.29, 1.82) is 0 Å². The fourth-order valence-corrected chi connectivity index (χ4v) is 6.45. The molecule has 1 unspecified atom stereocenters. The van der Waals surface area contributed by atoms with E-state index in [0.717, 1.165) is 98.8 Å². The minimum absolute atomic E-state index is 0.175. The maximum Gasteiger partial charge on any atom is 0.338 e. The van der Waals surface area contributed by atoms with Crippen LogP contribution in [-0.2, 0) is 29.1 Å². The van der Waals surface area contributed by atoms with Crippen molar-refractivity contribution < 1.29 is 19.0 Å². The molecule has 2 fully saturated rings. The molecule has 0 saturated carbocycles. The Morgan fingerprint density at radius 2 is 1.89 bits per heavy atom. The number of ether oxygens (including phenoxy) is 3. The molecule has 4 aromatic rings. The number of fused-ring (bicyclic) bond motifs is 2. The lowest BCUT2D eigenvalue weighted by Crippen LogP contribution is -2.35. The number of pyridine rings is 1. The monoisotopic (exact) mass is 610 g/mol. The number of aromatic nitrogens is 5. The molecule has 0 N–H and O–H groups in total. The number of hydrogen-bond acceptors (Lipinski definition) is 8. The van der Waals surface area contributed by atoms with Gasteiger partial charge in [-0.1, -0.05) is 12.1 Å². The number of hydrogen-bond donors (Lipinski definition) is 0. The third-order valence-electron chi connectivity index (χ3n) is 8.91. The lowest BCUT2D eigenvalue weighted by atomic mass is 9.93. The number of aryl methyl sites for hydroxylation is 1. The summed E-state index contributed by atoms with van der Waals surface area (Å²) in [5.41, 5.74) is 5.22. The number of nitrogens with zero attached hydrogens (tertiary/aromatic N) is 6. The molecule has 10 nitrogen and oxygen atoms in total. The Morgan fingerprint density at radius 1 is 1.04 bits per heavy atom. The molecule has 2 saturated heterocycles. The summed E-state index contributed by atoms with van der Waals surface area (Å²) in [4.78, 5) is 25.3. The number of likely N-dealkylation sites (tertiary alicyclic amines) is 1. The first kappa shape index (κ1) is 29.7. The zero-order valence-corrected chi connectivity index (χ0v) is 26.4. The van der Waals surface area contributed by atoms with Gasteiger partial charge in [0, 0.05) is 42.6 Å². The van der Waals surface area contributed by atoms with Gasteiger partial charge in [-0.05, 0) is 89.9 Å². The molecule has 0 radical (unpaired) electrons. The predicted octanol–water partition coefficient (Wildman–Crippen LogP) is 5.62. The first-order valence-electron chi connectivity index (χ1n) is 16.2. The summed E-state index contributed by atoms with van der Waals surface area (Å²) in [5, 5.41) is 4.40. The lowest BCUT2D eigenvalue weighted by molar-refractivity contribution is -0.0592. The second-order valence-corrected chi connectivity index (χ2v) is 13.3. The summed E-state index contributed by atoms with van der Waals surface area (Å²) in [6.07, 6.45) is 8.32. The van der Waals surface area contributed by atoms with Crippen molar-refractivity contribution in [2.75, 3.05) is 26.3 Å². The molecule has 6 heterocycles. The Labute approximate surface area is 264 Å². The van der Waals surface area contributed by atoms with Gasteiger partial charge in [-0.15, -0.1) is 0 Å². The van der Waals surface area contributed by atoms with E-state index in [1.54, 1.807) is 0 Å². The summed E-state index contributed by atoms with van der Waals surface area (Å²) < 4.78 is 21.9. The van der Waals surface area contributed by atoms with Gasteiger partial charge in [0.15, 0.2) is 0 Å². The number of piperidine rings is 1. The Kier molecular flexibility index (Phi) is 8.18. The molecule has 0 bridgehead atoms. The summed E-state index contributed by atoms with van der Waals surface area (Å²) in [5.74, 6) is 1.75. The van der Waals surface area contributed by atoms with E-state index in [1.807, 2.05) is 62.0 Å². The first-order valence-corrected chi connectivity index (χ1v) is 16.2. The van der Waals surface area contributed by atoms with Gasteiger partial charge < -0.3 is 18.8 Å². The van der Waals surface area contributed by atoms with E-state index in [1.165, 1.54) is 0 Å². The number of rotatable bonds is 9. The number of benzene rings is 1. The van der Waals surface area contributed by atoms with Crippen molar-refractivity contribution in [3.63, 3.8) is 0 Å².